The average Bonchev–Trinajstić information content (AvgIpc) is 3.20. The van der Waals surface area contributed by atoms with E-state index in [0.29, 0.717) is 22.5 Å². The number of ether oxygens (including phenoxy) is 1. The number of esters is 1. The zero-order valence-corrected chi connectivity index (χ0v) is 19.9. The van der Waals surface area contributed by atoms with Crippen LogP contribution in [0.25, 0.3) is 11.8 Å². The van der Waals surface area contributed by atoms with Gasteiger partial charge in [0.1, 0.15) is 0 Å². The zero-order chi connectivity index (χ0) is 23.9. The third kappa shape index (κ3) is 3.80. The summed E-state index contributed by atoms with van der Waals surface area (Å²) in [5, 5.41) is 0. The van der Waals surface area contributed by atoms with Crippen LogP contribution < -0.4 is 4.90 Å². The zero-order valence-electron chi connectivity index (χ0n) is 19.9. The van der Waals surface area contributed by atoms with Gasteiger partial charge in [-0.1, -0.05) is 35.9 Å². The van der Waals surface area contributed by atoms with E-state index in [-0.39, 0.29) is 5.91 Å². The number of para-hydroxylation sites is 1. The molecule has 5 heteroatoms. The first-order valence-electron chi connectivity index (χ1n) is 10.9. The molecule has 0 spiro atoms. The number of amides is 1. The van der Waals surface area contributed by atoms with E-state index in [4.69, 9.17) is 4.74 Å². The van der Waals surface area contributed by atoms with Gasteiger partial charge >= 0.3 is 5.97 Å². The molecule has 0 saturated carbocycles. The summed E-state index contributed by atoms with van der Waals surface area (Å²) in [6.07, 6.45) is 1.81. The molecule has 0 aliphatic carbocycles. The predicted octanol–water partition coefficient (Wildman–Crippen LogP) is 5.59. The van der Waals surface area contributed by atoms with Crippen LogP contribution in [0.2, 0.25) is 0 Å². The lowest BCUT2D eigenvalue weighted by Crippen LogP contribution is -2.24. The minimum atomic E-state index is -0.520. The number of hydrogen-bond donors (Lipinski definition) is 0. The van der Waals surface area contributed by atoms with E-state index in [0.717, 1.165) is 22.6 Å². The van der Waals surface area contributed by atoms with Crippen LogP contribution in [0, 0.1) is 27.7 Å². The van der Waals surface area contributed by atoms with E-state index in [9.17, 15) is 9.59 Å². The van der Waals surface area contributed by atoms with E-state index in [2.05, 4.69) is 36.6 Å². The Labute approximate surface area is 194 Å². The van der Waals surface area contributed by atoms with Crippen LogP contribution in [0.15, 0.2) is 71.4 Å². The second-order valence-corrected chi connectivity index (χ2v) is 8.44. The van der Waals surface area contributed by atoms with Gasteiger partial charge in [0.2, 0.25) is 0 Å². The van der Waals surface area contributed by atoms with Crippen LogP contribution in [-0.2, 0) is 14.3 Å². The standard InChI is InChI=1S/C28H28N2O3/c1-17-12-13-25(18(2)14-17)29-19(3)15-22(20(29)4)16-24-26(28(32)33-6)21(5)30(27(24)31)23-10-8-7-9-11-23/h7-16H,1-6H3/b24-16-. The maximum absolute atomic E-state index is 13.5. The van der Waals surface area contributed by atoms with E-state index in [1.807, 2.05) is 56.3 Å². The Bertz CT molecular complexity index is 1330. The van der Waals surface area contributed by atoms with Crippen molar-refractivity contribution in [1.29, 1.82) is 0 Å². The lowest BCUT2D eigenvalue weighted by Gasteiger charge is -2.17. The Morgan fingerprint density at radius 1 is 0.939 bits per heavy atom. The Balaban J connectivity index is 1.86. The topological polar surface area (TPSA) is 51.5 Å². The molecular formula is C28H28N2O3. The van der Waals surface area contributed by atoms with Gasteiger partial charge in [0.25, 0.3) is 5.91 Å². The molecule has 0 saturated heterocycles. The fourth-order valence-electron chi connectivity index (χ4n) is 4.58. The minimum Gasteiger partial charge on any atom is -0.465 e. The van der Waals surface area contributed by atoms with Gasteiger partial charge in [-0.05, 0) is 76.1 Å². The highest BCUT2D eigenvalue weighted by atomic mass is 16.5. The first-order chi connectivity index (χ1) is 15.7. The molecule has 0 bridgehead atoms. The third-order valence-electron chi connectivity index (χ3n) is 6.17. The predicted molar refractivity (Wildman–Crippen MR) is 131 cm³/mol. The highest BCUT2D eigenvalue weighted by molar-refractivity contribution is 6.23. The number of aromatic nitrogens is 1. The summed E-state index contributed by atoms with van der Waals surface area (Å²) in [7, 11) is 1.34. The molecule has 3 aromatic rings. The van der Waals surface area contributed by atoms with Crippen molar-refractivity contribution in [2.75, 3.05) is 12.0 Å². The van der Waals surface area contributed by atoms with Crippen molar-refractivity contribution < 1.29 is 14.3 Å². The fourth-order valence-corrected chi connectivity index (χ4v) is 4.58. The van der Waals surface area contributed by atoms with Crippen molar-refractivity contribution in [2.45, 2.75) is 34.6 Å². The van der Waals surface area contributed by atoms with Crippen LogP contribution in [0.4, 0.5) is 5.69 Å². The molecule has 0 radical (unpaired) electrons. The van der Waals surface area contributed by atoms with E-state index >= 15 is 0 Å². The maximum atomic E-state index is 13.5. The molecule has 168 valence electrons. The maximum Gasteiger partial charge on any atom is 0.340 e. The number of carbonyl (C=O) groups excluding carboxylic acids is 2. The number of rotatable bonds is 4. The van der Waals surface area contributed by atoms with E-state index < -0.39 is 5.97 Å². The highest BCUT2D eigenvalue weighted by Crippen LogP contribution is 2.36. The van der Waals surface area contributed by atoms with Crippen molar-refractivity contribution >= 4 is 23.6 Å². The quantitative estimate of drug-likeness (QED) is 0.393. The van der Waals surface area contributed by atoms with Crippen molar-refractivity contribution in [2.24, 2.45) is 0 Å². The number of allylic oxidation sites excluding steroid dienone is 1. The Hall–Kier alpha value is -3.86. The molecule has 1 amide bonds. The number of aryl methyl sites for hydroxylation is 3. The van der Waals surface area contributed by atoms with E-state index in [1.54, 1.807) is 11.8 Å². The molecule has 2 aromatic carbocycles. The molecule has 5 nitrogen and oxygen atoms in total. The Morgan fingerprint density at radius 3 is 2.27 bits per heavy atom. The van der Waals surface area contributed by atoms with Crippen LogP contribution >= 0.6 is 0 Å². The highest BCUT2D eigenvalue weighted by Gasteiger charge is 2.38. The lowest BCUT2D eigenvalue weighted by atomic mass is 10.0. The smallest absolute Gasteiger partial charge is 0.340 e. The van der Waals surface area contributed by atoms with Gasteiger partial charge in [-0.3, -0.25) is 9.69 Å². The van der Waals surface area contributed by atoms with Crippen LogP contribution in [0.5, 0.6) is 0 Å². The van der Waals surface area contributed by atoms with E-state index in [1.165, 1.54) is 18.2 Å². The molecule has 2 heterocycles. The molecule has 1 aromatic heterocycles. The Kier molecular flexibility index (Phi) is 5.81. The molecule has 0 N–H and O–H groups in total. The monoisotopic (exact) mass is 440 g/mol. The van der Waals surface area contributed by atoms with Crippen molar-refractivity contribution in [1.82, 2.24) is 4.57 Å². The van der Waals surface area contributed by atoms with Crippen molar-refractivity contribution in [3.63, 3.8) is 0 Å². The van der Waals surface area contributed by atoms with Crippen LogP contribution in [0.1, 0.15) is 35.0 Å². The minimum absolute atomic E-state index is 0.240. The number of anilines is 1. The van der Waals surface area contributed by atoms with Gasteiger partial charge in [-0.2, -0.15) is 0 Å². The van der Waals surface area contributed by atoms with Crippen molar-refractivity contribution in [3.8, 4) is 5.69 Å². The normalized spacial score (nSPS) is 15.0. The first-order valence-corrected chi connectivity index (χ1v) is 10.9. The molecule has 1 aliphatic heterocycles. The van der Waals surface area contributed by atoms with Crippen LogP contribution in [-0.4, -0.2) is 23.6 Å². The van der Waals surface area contributed by atoms with Gasteiger partial charge in [-0.25, -0.2) is 4.79 Å². The summed E-state index contributed by atoms with van der Waals surface area (Å²) in [5.74, 6) is -0.760. The average molecular weight is 441 g/mol. The van der Waals surface area contributed by atoms with Crippen LogP contribution in [0.3, 0.4) is 0 Å². The number of hydrogen-bond acceptors (Lipinski definition) is 3. The largest absolute Gasteiger partial charge is 0.465 e. The molecule has 4 rings (SSSR count). The number of benzene rings is 2. The van der Waals surface area contributed by atoms with Gasteiger partial charge in [0.15, 0.2) is 0 Å². The molecule has 0 fully saturated rings. The number of methoxy groups -OCH3 is 1. The second kappa shape index (κ2) is 8.58. The number of nitrogens with zero attached hydrogens (tertiary/aromatic N) is 2. The van der Waals surface area contributed by atoms with Gasteiger partial charge in [0, 0.05) is 28.5 Å². The number of carbonyl (C=O) groups is 2. The SMILES string of the molecule is COC(=O)C1=C(C)N(c2ccccc2)C(=O)/C1=C\c1cc(C)n(-c2ccc(C)cc2C)c1C. The van der Waals surface area contributed by atoms with Crippen molar-refractivity contribution in [3.05, 3.63) is 99.5 Å². The Morgan fingerprint density at radius 2 is 1.64 bits per heavy atom. The summed E-state index contributed by atoms with van der Waals surface area (Å²) in [4.78, 5) is 27.8. The molecular weight excluding hydrogens is 412 g/mol. The lowest BCUT2D eigenvalue weighted by molar-refractivity contribution is -0.136. The molecule has 1 aliphatic rings. The van der Waals surface area contributed by atoms with Gasteiger partial charge < -0.3 is 9.30 Å². The molecule has 33 heavy (non-hydrogen) atoms. The summed E-state index contributed by atoms with van der Waals surface area (Å²) >= 11 is 0. The summed E-state index contributed by atoms with van der Waals surface area (Å²) < 4.78 is 7.22. The second-order valence-electron chi connectivity index (χ2n) is 8.44. The summed E-state index contributed by atoms with van der Waals surface area (Å²) in [5.41, 5.74) is 8.33. The fraction of sp³-hybridized carbons (Fsp3) is 0.214. The summed E-state index contributed by atoms with van der Waals surface area (Å²) in [6, 6.07) is 17.7. The first kappa shape index (κ1) is 22.3. The van der Waals surface area contributed by atoms with Gasteiger partial charge in [0.05, 0.1) is 18.3 Å². The third-order valence-corrected chi connectivity index (χ3v) is 6.17. The van der Waals surface area contributed by atoms with Gasteiger partial charge in [-0.15, -0.1) is 0 Å². The summed E-state index contributed by atoms with van der Waals surface area (Å²) in [6.45, 7) is 10.0. The molecule has 0 unspecified atom stereocenters. The molecule has 0 atom stereocenters.